The summed E-state index contributed by atoms with van der Waals surface area (Å²) in [6, 6.07) is 7.09. The van der Waals surface area contributed by atoms with Crippen LogP contribution in [0, 0.1) is 12.8 Å². The Hall–Kier alpha value is -1.18. The average molecular weight is 246 g/mol. The number of hydrogen-bond donors (Lipinski definition) is 1. The highest BCUT2D eigenvalue weighted by Gasteiger charge is 2.23. The van der Waals surface area contributed by atoms with E-state index < -0.39 is 0 Å². The Kier molecular flexibility index (Phi) is 4.15. The van der Waals surface area contributed by atoms with Crippen LogP contribution < -0.4 is 10.6 Å². The van der Waals surface area contributed by atoms with Crippen LogP contribution in [0.2, 0.25) is 0 Å². The molecule has 1 aliphatic carbocycles. The van der Waals surface area contributed by atoms with Gasteiger partial charge in [-0.15, -0.1) is 0 Å². The fraction of sp³-hybridized carbons (Fsp3) is 0.625. The Morgan fingerprint density at radius 2 is 1.89 bits per heavy atom. The van der Waals surface area contributed by atoms with E-state index in [0.29, 0.717) is 6.04 Å². The minimum atomic E-state index is 0.704. The van der Waals surface area contributed by atoms with E-state index >= 15 is 0 Å². The molecule has 2 rings (SSSR count). The summed E-state index contributed by atoms with van der Waals surface area (Å²) in [7, 11) is 2.22. The van der Waals surface area contributed by atoms with Gasteiger partial charge in [-0.2, -0.15) is 0 Å². The van der Waals surface area contributed by atoms with Gasteiger partial charge in [0.1, 0.15) is 0 Å². The Bertz CT molecular complexity index is 392. The maximum Gasteiger partial charge on any atom is 0.0370 e. The van der Waals surface area contributed by atoms with Crippen molar-refractivity contribution in [3.63, 3.8) is 0 Å². The quantitative estimate of drug-likeness (QED) is 0.817. The molecule has 1 aromatic rings. The monoisotopic (exact) mass is 246 g/mol. The van der Waals surface area contributed by atoms with E-state index in [2.05, 4.69) is 37.9 Å². The van der Waals surface area contributed by atoms with E-state index in [-0.39, 0.29) is 0 Å². The van der Waals surface area contributed by atoms with Gasteiger partial charge in [0, 0.05) is 24.5 Å². The second-order valence-corrected chi connectivity index (χ2v) is 5.73. The Morgan fingerprint density at radius 1 is 1.22 bits per heavy atom. The number of aryl methyl sites for hydroxylation is 1. The van der Waals surface area contributed by atoms with Crippen molar-refractivity contribution >= 4 is 11.4 Å². The fourth-order valence-corrected chi connectivity index (χ4v) is 3.03. The second kappa shape index (κ2) is 5.64. The minimum absolute atomic E-state index is 0.704. The number of benzene rings is 1. The molecule has 0 spiro atoms. The molecule has 2 nitrogen and oxygen atoms in total. The predicted octanol–water partition coefficient (Wildman–Crippen LogP) is 3.98. The lowest BCUT2D eigenvalue weighted by atomic mass is 9.84. The first-order valence-corrected chi connectivity index (χ1v) is 7.20. The first-order chi connectivity index (χ1) is 8.61. The molecule has 1 aliphatic rings. The number of anilines is 2. The minimum Gasteiger partial charge on any atom is -0.399 e. The SMILES string of the molecule is CCC1CCC(N(C)c2ccc(N)c(C)c2)CC1. The van der Waals surface area contributed by atoms with Gasteiger partial charge >= 0.3 is 0 Å². The van der Waals surface area contributed by atoms with Crippen molar-refractivity contribution in [3.05, 3.63) is 23.8 Å². The van der Waals surface area contributed by atoms with Crippen molar-refractivity contribution in [1.82, 2.24) is 0 Å². The molecule has 1 aromatic carbocycles. The molecule has 1 saturated carbocycles. The lowest BCUT2D eigenvalue weighted by Gasteiger charge is -2.36. The van der Waals surface area contributed by atoms with Crippen LogP contribution in [0.1, 0.15) is 44.6 Å². The molecule has 0 heterocycles. The molecule has 18 heavy (non-hydrogen) atoms. The van der Waals surface area contributed by atoms with Crippen molar-refractivity contribution in [2.24, 2.45) is 5.92 Å². The van der Waals surface area contributed by atoms with Gasteiger partial charge in [-0.1, -0.05) is 13.3 Å². The molecule has 0 aromatic heterocycles. The van der Waals surface area contributed by atoms with Crippen LogP contribution >= 0.6 is 0 Å². The van der Waals surface area contributed by atoms with Gasteiger partial charge in [0.05, 0.1) is 0 Å². The summed E-state index contributed by atoms with van der Waals surface area (Å²) in [4.78, 5) is 2.44. The Balaban J connectivity index is 2.03. The zero-order valence-corrected chi connectivity index (χ0v) is 11.9. The number of nitrogens with zero attached hydrogens (tertiary/aromatic N) is 1. The van der Waals surface area contributed by atoms with Crippen LogP contribution in [0.4, 0.5) is 11.4 Å². The van der Waals surface area contributed by atoms with E-state index in [0.717, 1.165) is 11.6 Å². The fourth-order valence-electron chi connectivity index (χ4n) is 3.03. The summed E-state index contributed by atoms with van der Waals surface area (Å²) in [5.74, 6) is 0.961. The number of hydrogen-bond acceptors (Lipinski definition) is 2. The molecular weight excluding hydrogens is 220 g/mol. The van der Waals surface area contributed by atoms with Crippen molar-refractivity contribution in [2.75, 3.05) is 17.7 Å². The van der Waals surface area contributed by atoms with E-state index in [9.17, 15) is 0 Å². The van der Waals surface area contributed by atoms with Crippen molar-refractivity contribution < 1.29 is 0 Å². The van der Waals surface area contributed by atoms with Crippen LogP contribution in [-0.2, 0) is 0 Å². The predicted molar refractivity (Wildman–Crippen MR) is 80.0 cm³/mol. The molecule has 0 aliphatic heterocycles. The lowest BCUT2D eigenvalue weighted by Crippen LogP contribution is -2.35. The van der Waals surface area contributed by atoms with Gasteiger partial charge in [-0.05, 0) is 62.3 Å². The summed E-state index contributed by atoms with van der Waals surface area (Å²) >= 11 is 0. The highest BCUT2D eigenvalue weighted by Crippen LogP contribution is 2.31. The maximum absolute atomic E-state index is 5.89. The molecule has 1 fully saturated rings. The van der Waals surface area contributed by atoms with Gasteiger partial charge in [0.25, 0.3) is 0 Å². The van der Waals surface area contributed by atoms with Crippen LogP contribution in [0.5, 0.6) is 0 Å². The van der Waals surface area contributed by atoms with Crippen molar-refractivity contribution in [3.8, 4) is 0 Å². The second-order valence-electron chi connectivity index (χ2n) is 5.73. The molecule has 0 bridgehead atoms. The third-order valence-electron chi connectivity index (χ3n) is 4.60. The topological polar surface area (TPSA) is 29.3 Å². The lowest BCUT2D eigenvalue weighted by molar-refractivity contribution is 0.313. The normalized spacial score (nSPS) is 23.9. The zero-order chi connectivity index (χ0) is 13.1. The van der Waals surface area contributed by atoms with Crippen LogP contribution in [0.25, 0.3) is 0 Å². The summed E-state index contributed by atoms with van der Waals surface area (Å²) in [5.41, 5.74) is 9.26. The molecule has 0 radical (unpaired) electrons. The average Bonchev–Trinajstić information content (AvgIpc) is 2.41. The van der Waals surface area contributed by atoms with Gasteiger partial charge in [-0.3, -0.25) is 0 Å². The van der Waals surface area contributed by atoms with E-state index in [1.165, 1.54) is 43.4 Å². The van der Waals surface area contributed by atoms with E-state index in [4.69, 9.17) is 5.73 Å². The highest BCUT2D eigenvalue weighted by atomic mass is 15.1. The van der Waals surface area contributed by atoms with Gasteiger partial charge < -0.3 is 10.6 Å². The largest absolute Gasteiger partial charge is 0.399 e. The summed E-state index contributed by atoms with van der Waals surface area (Å²) < 4.78 is 0. The smallest absolute Gasteiger partial charge is 0.0370 e. The van der Waals surface area contributed by atoms with Crippen molar-refractivity contribution in [1.29, 1.82) is 0 Å². The van der Waals surface area contributed by atoms with Crippen LogP contribution in [0.3, 0.4) is 0 Å². The van der Waals surface area contributed by atoms with Gasteiger partial charge in [0.15, 0.2) is 0 Å². The van der Waals surface area contributed by atoms with E-state index in [1.807, 2.05) is 6.07 Å². The molecule has 0 unspecified atom stereocenters. The Morgan fingerprint density at radius 3 is 2.44 bits per heavy atom. The highest BCUT2D eigenvalue weighted by molar-refractivity contribution is 5.58. The Labute approximate surface area is 111 Å². The van der Waals surface area contributed by atoms with E-state index in [1.54, 1.807) is 0 Å². The zero-order valence-electron chi connectivity index (χ0n) is 11.9. The van der Waals surface area contributed by atoms with Gasteiger partial charge in [0.2, 0.25) is 0 Å². The molecule has 0 saturated heterocycles. The first-order valence-electron chi connectivity index (χ1n) is 7.20. The number of rotatable bonds is 3. The molecule has 100 valence electrons. The molecule has 2 heteroatoms. The molecule has 0 amide bonds. The van der Waals surface area contributed by atoms with Crippen LogP contribution in [0.15, 0.2) is 18.2 Å². The summed E-state index contributed by atoms with van der Waals surface area (Å²) in [6.45, 7) is 4.40. The van der Waals surface area contributed by atoms with Crippen LogP contribution in [-0.4, -0.2) is 13.1 Å². The third kappa shape index (κ3) is 2.80. The number of nitrogen functional groups attached to an aromatic ring is 1. The third-order valence-corrected chi connectivity index (χ3v) is 4.60. The molecule has 0 atom stereocenters. The maximum atomic E-state index is 5.89. The van der Waals surface area contributed by atoms with Crippen molar-refractivity contribution in [2.45, 2.75) is 52.0 Å². The molecule has 2 N–H and O–H groups in total. The molecular formula is C16H26N2. The summed E-state index contributed by atoms with van der Waals surface area (Å²) in [6.07, 6.45) is 6.78. The summed E-state index contributed by atoms with van der Waals surface area (Å²) in [5, 5.41) is 0. The standard InChI is InChI=1S/C16H26N2/c1-4-13-5-7-14(8-6-13)18(3)15-9-10-16(17)12(2)11-15/h9-11,13-14H,4-8,17H2,1-3H3. The van der Waals surface area contributed by atoms with Gasteiger partial charge in [-0.25, -0.2) is 0 Å². The first kappa shape index (κ1) is 13.3. The number of nitrogens with two attached hydrogens (primary N) is 1.